The number of carbonyl (C=O) groups is 1. The minimum absolute atomic E-state index is 0.0670. The molecule has 0 aliphatic carbocycles. The van der Waals surface area contributed by atoms with Crippen molar-refractivity contribution < 1.29 is 4.79 Å². The molecule has 3 aromatic rings. The van der Waals surface area contributed by atoms with Gasteiger partial charge in [0.1, 0.15) is 5.82 Å². The molecule has 0 saturated carbocycles. The van der Waals surface area contributed by atoms with Crippen molar-refractivity contribution in [2.24, 2.45) is 7.05 Å². The molecule has 1 aromatic carbocycles. The van der Waals surface area contributed by atoms with Crippen molar-refractivity contribution in [1.82, 2.24) is 25.3 Å². The SMILES string of the molecule is Cc1cc(N2CCCC(NC(=O)c3n[nH]c4ccc(Cl)cc34)C2)n(C)n1. The second kappa shape index (κ2) is 6.64. The Bertz CT molecular complexity index is 962. The quantitative estimate of drug-likeness (QED) is 0.740. The van der Waals surface area contributed by atoms with E-state index in [4.69, 9.17) is 11.6 Å². The summed E-state index contributed by atoms with van der Waals surface area (Å²) in [7, 11) is 1.95. The molecule has 136 valence electrons. The second-order valence-corrected chi connectivity index (χ2v) is 7.22. The molecular weight excluding hydrogens is 352 g/mol. The minimum Gasteiger partial charge on any atom is -0.355 e. The van der Waals surface area contributed by atoms with E-state index in [9.17, 15) is 4.79 Å². The molecule has 26 heavy (non-hydrogen) atoms. The summed E-state index contributed by atoms with van der Waals surface area (Å²) in [6.45, 7) is 3.71. The third-order valence-electron chi connectivity index (χ3n) is 4.80. The van der Waals surface area contributed by atoms with Crippen LogP contribution in [0, 0.1) is 6.92 Å². The van der Waals surface area contributed by atoms with E-state index in [1.54, 1.807) is 12.1 Å². The number of aromatic amines is 1. The lowest BCUT2D eigenvalue weighted by atomic mass is 10.1. The minimum atomic E-state index is -0.174. The third-order valence-corrected chi connectivity index (χ3v) is 5.03. The number of hydrogen-bond donors (Lipinski definition) is 2. The Balaban J connectivity index is 1.50. The summed E-state index contributed by atoms with van der Waals surface area (Å²) in [6.07, 6.45) is 1.96. The highest BCUT2D eigenvalue weighted by molar-refractivity contribution is 6.31. The first-order chi connectivity index (χ1) is 12.5. The number of piperidine rings is 1. The Labute approximate surface area is 156 Å². The summed E-state index contributed by atoms with van der Waals surface area (Å²) in [4.78, 5) is 15.0. The van der Waals surface area contributed by atoms with Crippen LogP contribution >= 0.6 is 11.6 Å². The van der Waals surface area contributed by atoms with Gasteiger partial charge < -0.3 is 10.2 Å². The number of nitrogens with zero attached hydrogens (tertiary/aromatic N) is 4. The standard InChI is InChI=1S/C18H21ClN6O/c1-11-8-16(24(2)23-11)25-7-3-4-13(10-25)20-18(26)17-14-9-12(19)5-6-15(14)21-22-17/h5-6,8-9,13H,3-4,7,10H2,1-2H3,(H,20,26)(H,21,22). The van der Waals surface area contributed by atoms with E-state index < -0.39 is 0 Å². The summed E-state index contributed by atoms with van der Waals surface area (Å²) >= 11 is 6.06. The van der Waals surface area contributed by atoms with E-state index in [0.29, 0.717) is 10.7 Å². The van der Waals surface area contributed by atoms with E-state index in [1.807, 2.05) is 24.7 Å². The lowest BCUT2D eigenvalue weighted by Gasteiger charge is -2.34. The predicted octanol–water partition coefficient (Wildman–Crippen LogP) is 2.66. The smallest absolute Gasteiger partial charge is 0.272 e. The molecule has 1 amide bonds. The number of benzene rings is 1. The van der Waals surface area contributed by atoms with E-state index in [-0.39, 0.29) is 11.9 Å². The number of fused-ring (bicyclic) bond motifs is 1. The van der Waals surface area contributed by atoms with E-state index in [0.717, 1.165) is 48.3 Å². The summed E-state index contributed by atoms with van der Waals surface area (Å²) in [5, 5.41) is 15.9. The van der Waals surface area contributed by atoms with Crippen LogP contribution in [0.15, 0.2) is 24.3 Å². The van der Waals surface area contributed by atoms with Crippen LogP contribution in [0.4, 0.5) is 5.82 Å². The average molecular weight is 373 g/mol. The molecule has 1 unspecified atom stereocenters. The number of halogens is 1. The number of H-pyrrole nitrogens is 1. The van der Waals surface area contributed by atoms with Crippen LogP contribution in [0.5, 0.6) is 0 Å². The zero-order valence-electron chi connectivity index (χ0n) is 14.8. The fourth-order valence-corrected chi connectivity index (χ4v) is 3.78. The van der Waals surface area contributed by atoms with Gasteiger partial charge in [-0.2, -0.15) is 10.2 Å². The number of nitrogens with one attached hydrogen (secondary N) is 2. The number of amides is 1. The molecule has 2 aromatic heterocycles. The van der Waals surface area contributed by atoms with Crippen molar-refractivity contribution in [2.75, 3.05) is 18.0 Å². The number of aryl methyl sites for hydroxylation is 2. The summed E-state index contributed by atoms with van der Waals surface area (Å²) in [5.41, 5.74) is 2.18. The van der Waals surface area contributed by atoms with Gasteiger partial charge in [0.05, 0.1) is 11.2 Å². The molecule has 1 atom stereocenters. The fourth-order valence-electron chi connectivity index (χ4n) is 3.61. The van der Waals surface area contributed by atoms with Crippen LogP contribution in [-0.4, -0.2) is 45.0 Å². The van der Waals surface area contributed by atoms with Gasteiger partial charge in [-0.25, -0.2) is 0 Å². The Morgan fingerprint density at radius 1 is 1.38 bits per heavy atom. The number of anilines is 1. The molecule has 0 bridgehead atoms. The van der Waals surface area contributed by atoms with Crippen molar-refractivity contribution in [3.63, 3.8) is 0 Å². The molecule has 0 radical (unpaired) electrons. The lowest BCUT2D eigenvalue weighted by Crippen LogP contribution is -2.48. The molecule has 4 rings (SSSR count). The van der Waals surface area contributed by atoms with Crippen LogP contribution in [0.2, 0.25) is 5.02 Å². The van der Waals surface area contributed by atoms with Gasteiger partial charge >= 0.3 is 0 Å². The second-order valence-electron chi connectivity index (χ2n) is 6.79. The van der Waals surface area contributed by atoms with Crippen molar-refractivity contribution in [3.05, 3.63) is 40.7 Å². The average Bonchev–Trinajstić information content (AvgIpc) is 3.17. The van der Waals surface area contributed by atoms with Crippen molar-refractivity contribution >= 4 is 34.2 Å². The molecular formula is C18H21ClN6O. The first-order valence-corrected chi connectivity index (χ1v) is 9.09. The Hall–Kier alpha value is -2.54. The van der Waals surface area contributed by atoms with Gasteiger partial charge in [-0.05, 0) is 38.0 Å². The highest BCUT2D eigenvalue weighted by Crippen LogP contribution is 2.23. The zero-order chi connectivity index (χ0) is 18.3. The van der Waals surface area contributed by atoms with E-state index in [2.05, 4.69) is 31.6 Å². The van der Waals surface area contributed by atoms with Gasteiger partial charge in [-0.3, -0.25) is 14.6 Å². The number of rotatable bonds is 3. The van der Waals surface area contributed by atoms with Crippen molar-refractivity contribution in [1.29, 1.82) is 0 Å². The first-order valence-electron chi connectivity index (χ1n) is 8.71. The van der Waals surface area contributed by atoms with Gasteiger partial charge in [-0.15, -0.1) is 0 Å². The number of hydrogen-bond acceptors (Lipinski definition) is 4. The number of aromatic nitrogens is 4. The predicted molar refractivity (Wildman–Crippen MR) is 102 cm³/mol. The fraction of sp³-hybridized carbons (Fsp3) is 0.389. The van der Waals surface area contributed by atoms with E-state index >= 15 is 0 Å². The molecule has 7 nitrogen and oxygen atoms in total. The van der Waals surface area contributed by atoms with Crippen molar-refractivity contribution in [3.8, 4) is 0 Å². The maximum atomic E-state index is 12.7. The Kier molecular flexibility index (Phi) is 4.32. The Morgan fingerprint density at radius 2 is 2.23 bits per heavy atom. The molecule has 2 N–H and O–H groups in total. The van der Waals surface area contributed by atoms with Gasteiger partial charge in [0.2, 0.25) is 0 Å². The summed E-state index contributed by atoms with van der Waals surface area (Å²) in [6, 6.07) is 7.51. The molecule has 3 heterocycles. The van der Waals surface area contributed by atoms with Crippen LogP contribution in [-0.2, 0) is 7.05 Å². The van der Waals surface area contributed by atoms with Crippen LogP contribution in [0.1, 0.15) is 29.0 Å². The van der Waals surface area contributed by atoms with Crippen molar-refractivity contribution in [2.45, 2.75) is 25.8 Å². The largest absolute Gasteiger partial charge is 0.355 e. The lowest BCUT2D eigenvalue weighted by molar-refractivity contribution is 0.0929. The third kappa shape index (κ3) is 3.14. The van der Waals surface area contributed by atoms with E-state index in [1.165, 1.54) is 0 Å². The van der Waals surface area contributed by atoms with Crippen LogP contribution < -0.4 is 10.2 Å². The monoisotopic (exact) mass is 372 g/mol. The molecule has 1 saturated heterocycles. The topological polar surface area (TPSA) is 78.8 Å². The highest BCUT2D eigenvalue weighted by atomic mass is 35.5. The molecule has 1 aliphatic rings. The molecule has 1 aliphatic heterocycles. The Morgan fingerprint density at radius 3 is 3.00 bits per heavy atom. The number of carbonyl (C=O) groups excluding carboxylic acids is 1. The van der Waals surface area contributed by atoms with Gasteiger partial charge in [0.15, 0.2) is 5.69 Å². The van der Waals surface area contributed by atoms with Gasteiger partial charge in [0.25, 0.3) is 5.91 Å². The maximum absolute atomic E-state index is 12.7. The summed E-state index contributed by atoms with van der Waals surface area (Å²) < 4.78 is 1.89. The van der Waals surface area contributed by atoms with Gasteiger partial charge in [-0.1, -0.05) is 11.6 Å². The maximum Gasteiger partial charge on any atom is 0.272 e. The molecule has 1 fully saturated rings. The molecule has 8 heteroatoms. The van der Waals surface area contributed by atoms with Gasteiger partial charge in [0, 0.05) is 42.7 Å². The first kappa shape index (κ1) is 16.9. The summed E-state index contributed by atoms with van der Waals surface area (Å²) in [5.74, 6) is 0.907. The van der Waals surface area contributed by atoms with Crippen LogP contribution in [0.25, 0.3) is 10.9 Å². The highest BCUT2D eigenvalue weighted by Gasteiger charge is 2.25. The normalized spacial score (nSPS) is 17.7. The zero-order valence-corrected chi connectivity index (χ0v) is 15.5. The van der Waals surface area contributed by atoms with Crippen LogP contribution in [0.3, 0.4) is 0 Å². The molecule has 0 spiro atoms.